The molecule has 2 heterocycles. The minimum Gasteiger partial charge on any atom is -0.496 e. The van der Waals surface area contributed by atoms with Gasteiger partial charge in [0.25, 0.3) is 0 Å². The zero-order chi connectivity index (χ0) is 16.4. The molecule has 1 saturated heterocycles. The van der Waals surface area contributed by atoms with Crippen LogP contribution in [0.4, 0.5) is 0 Å². The number of methoxy groups -OCH3 is 1. The lowest BCUT2D eigenvalue weighted by atomic mass is 9.93. The third kappa shape index (κ3) is 3.58. The van der Waals surface area contributed by atoms with E-state index in [2.05, 4.69) is 49.0 Å². The first-order valence-electron chi connectivity index (χ1n) is 8.28. The van der Waals surface area contributed by atoms with E-state index in [4.69, 9.17) is 9.26 Å². The van der Waals surface area contributed by atoms with Crippen molar-refractivity contribution in [1.82, 2.24) is 10.1 Å². The molecule has 0 bridgehead atoms. The van der Waals surface area contributed by atoms with Gasteiger partial charge >= 0.3 is 0 Å². The van der Waals surface area contributed by atoms with E-state index in [-0.39, 0.29) is 5.41 Å². The van der Waals surface area contributed by atoms with Crippen molar-refractivity contribution in [2.75, 3.05) is 20.2 Å². The highest BCUT2D eigenvalue weighted by molar-refractivity contribution is 5.37. The van der Waals surface area contributed by atoms with Gasteiger partial charge in [-0.15, -0.1) is 0 Å². The second-order valence-corrected chi connectivity index (χ2v) is 7.40. The number of hydrogen-bond acceptors (Lipinski definition) is 4. The minimum atomic E-state index is 0.0101. The third-order valence-corrected chi connectivity index (χ3v) is 4.53. The van der Waals surface area contributed by atoms with Gasteiger partial charge in [-0.3, -0.25) is 4.90 Å². The fourth-order valence-corrected chi connectivity index (χ4v) is 3.20. The van der Waals surface area contributed by atoms with Gasteiger partial charge in [0, 0.05) is 30.5 Å². The highest BCUT2D eigenvalue weighted by atomic mass is 16.5. The molecular weight excluding hydrogens is 288 g/mol. The number of rotatable bonds is 4. The number of likely N-dealkylation sites (tertiary alicyclic amines) is 1. The van der Waals surface area contributed by atoms with Crippen LogP contribution in [0.1, 0.15) is 50.1 Å². The van der Waals surface area contributed by atoms with Crippen LogP contribution >= 0.6 is 0 Å². The van der Waals surface area contributed by atoms with E-state index >= 15 is 0 Å². The van der Waals surface area contributed by atoms with Crippen LogP contribution in [0.3, 0.4) is 0 Å². The molecule has 4 heteroatoms. The summed E-state index contributed by atoms with van der Waals surface area (Å²) in [4.78, 5) is 2.45. The van der Waals surface area contributed by atoms with Gasteiger partial charge < -0.3 is 9.26 Å². The van der Waals surface area contributed by atoms with Gasteiger partial charge in [-0.25, -0.2) is 0 Å². The predicted molar refractivity (Wildman–Crippen MR) is 90.8 cm³/mol. The van der Waals surface area contributed by atoms with Gasteiger partial charge in [-0.05, 0) is 24.6 Å². The first-order chi connectivity index (χ1) is 11.0. The van der Waals surface area contributed by atoms with E-state index in [9.17, 15) is 0 Å². The minimum absolute atomic E-state index is 0.0101. The molecule has 0 aliphatic carbocycles. The van der Waals surface area contributed by atoms with Crippen LogP contribution in [0.5, 0.6) is 5.75 Å². The highest BCUT2D eigenvalue weighted by Crippen LogP contribution is 2.34. The summed E-state index contributed by atoms with van der Waals surface area (Å²) in [7, 11) is 1.75. The van der Waals surface area contributed by atoms with Crippen LogP contribution in [0.2, 0.25) is 0 Å². The molecule has 1 aromatic carbocycles. The number of nitrogens with zero attached hydrogens (tertiary/aromatic N) is 2. The maximum atomic E-state index is 5.51. The van der Waals surface area contributed by atoms with Crippen molar-refractivity contribution in [1.29, 1.82) is 0 Å². The molecule has 1 aromatic heterocycles. The van der Waals surface area contributed by atoms with E-state index in [1.165, 1.54) is 5.56 Å². The summed E-state index contributed by atoms with van der Waals surface area (Å²) in [5.74, 6) is 2.48. The van der Waals surface area contributed by atoms with Gasteiger partial charge in [-0.2, -0.15) is 0 Å². The molecule has 1 unspecified atom stereocenters. The van der Waals surface area contributed by atoms with Gasteiger partial charge in [0.05, 0.1) is 12.8 Å². The fraction of sp³-hybridized carbons (Fsp3) is 0.526. The van der Waals surface area contributed by atoms with Gasteiger partial charge in [0.15, 0.2) is 0 Å². The number of ether oxygens (including phenoxy) is 1. The average Bonchev–Trinajstić information content (AvgIpc) is 3.16. The quantitative estimate of drug-likeness (QED) is 0.856. The maximum absolute atomic E-state index is 5.51. The maximum Gasteiger partial charge on any atom is 0.142 e. The Morgan fingerprint density at radius 3 is 2.78 bits per heavy atom. The van der Waals surface area contributed by atoms with Crippen LogP contribution in [-0.2, 0) is 12.0 Å². The summed E-state index contributed by atoms with van der Waals surface area (Å²) in [5, 5.41) is 4.24. The predicted octanol–water partition coefficient (Wildman–Crippen LogP) is 3.97. The largest absolute Gasteiger partial charge is 0.496 e. The first kappa shape index (κ1) is 16.1. The second-order valence-electron chi connectivity index (χ2n) is 7.40. The van der Waals surface area contributed by atoms with Crippen LogP contribution in [0, 0.1) is 0 Å². The van der Waals surface area contributed by atoms with Gasteiger partial charge in [-0.1, -0.05) is 44.1 Å². The molecule has 3 rings (SSSR count). The second kappa shape index (κ2) is 6.36. The molecule has 0 amide bonds. The Balaban J connectivity index is 1.65. The smallest absolute Gasteiger partial charge is 0.142 e. The molecular formula is C19H26N2O2. The Bertz CT molecular complexity index is 657. The highest BCUT2D eigenvalue weighted by Gasteiger charge is 2.27. The topological polar surface area (TPSA) is 38.5 Å². The van der Waals surface area contributed by atoms with Crippen LogP contribution < -0.4 is 4.74 Å². The number of hydrogen-bond donors (Lipinski definition) is 0. The monoisotopic (exact) mass is 314 g/mol. The van der Waals surface area contributed by atoms with Crippen molar-refractivity contribution in [2.45, 2.75) is 45.1 Å². The summed E-state index contributed by atoms with van der Waals surface area (Å²) < 4.78 is 11.0. The van der Waals surface area contributed by atoms with Crippen LogP contribution in [0.15, 0.2) is 34.9 Å². The molecule has 0 radical (unpaired) electrons. The van der Waals surface area contributed by atoms with Crippen molar-refractivity contribution in [2.24, 2.45) is 0 Å². The zero-order valence-electron chi connectivity index (χ0n) is 14.5. The molecule has 0 N–H and O–H groups in total. The lowest BCUT2D eigenvalue weighted by Crippen LogP contribution is -2.20. The summed E-state index contributed by atoms with van der Waals surface area (Å²) in [5.41, 5.74) is 2.35. The van der Waals surface area contributed by atoms with Crippen LogP contribution in [-0.4, -0.2) is 30.3 Å². The lowest BCUT2D eigenvalue weighted by Gasteiger charge is -2.16. The standard InChI is InChI=1S/C19H26N2O2/c1-19(2,3)18-11-15(20-23-18)13-21-10-9-14(12-21)16-7-5-6-8-17(16)22-4/h5-8,11,14H,9-10,12-13H2,1-4H3. The molecule has 4 nitrogen and oxygen atoms in total. The van der Waals surface area contributed by atoms with Crippen molar-refractivity contribution in [3.8, 4) is 5.75 Å². The molecule has 0 spiro atoms. The number of aromatic nitrogens is 1. The molecule has 1 atom stereocenters. The Morgan fingerprint density at radius 1 is 1.30 bits per heavy atom. The number of para-hydroxylation sites is 1. The Morgan fingerprint density at radius 2 is 2.09 bits per heavy atom. The van der Waals surface area contributed by atoms with Crippen molar-refractivity contribution < 1.29 is 9.26 Å². The van der Waals surface area contributed by atoms with E-state index in [0.29, 0.717) is 5.92 Å². The van der Waals surface area contributed by atoms with E-state index in [1.807, 2.05) is 12.1 Å². The molecule has 124 valence electrons. The molecule has 1 aliphatic heterocycles. The molecule has 23 heavy (non-hydrogen) atoms. The third-order valence-electron chi connectivity index (χ3n) is 4.53. The van der Waals surface area contributed by atoms with Crippen LogP contribution in [0.25, 0.3) is 0 Å². The molecule has 2 aromatic rings. The van der Waals surface area contributed by atoms with Gasteiger partial charge in [0.1, 0.15) is 11.5 Å². The lowest BCUT2D eigenvalue weighted by molar-refractivity contribution is 0.296. The Hall–Kier alpha value is -1.81. The molecule has 0 saturated carbocycles. The summed E-state index contributed by atoms with van der Waals surface area (Å²) in [6.07, 6.45) is 1.16. The molecule has 1 aliphatic rings. The zero-order valence-corrected chi connectivity index (χ0v) is 14.5. The van der Waals surface area contributed by atoms with Crippen molar-refractivity contribution in [3.63, 3.8) is 0 Å². The Labute approximate surface area is 138 Å². The average molecular weight is 314 g/mol. The van der Waals surface area contributed by atoms with E-state index in [0.717, 1.165) is 43.3 Å². The van der Waals surface area contributed by atoms with E-state index < -0.39 is 0 Å². The van der Waals surface area contributed by atoms with Gasteiger partial charge in [0.2, 0.25) is 0 Å². The van der Waals surface area contributed by atoms with Crippen molar-refractivity contribution in [3.05, 3.63) is 47.3 Å². The van der Waals surface area contributed by atoms with E-state index in [1.54, 1.807) is 7.11 Å². The van der Waals surface area contributed by atoms with Crippen molar-refractivity contribution >= 4 is 0 Å². The Kier molecular flexibility index (Phi) is 4.44. The summed E-state index contributed by atoms with van der Waals surface area (Å²) >= 11 is 0. The number of benzene rings is 1. The summed E-state index contributed by atoms with van der Waals surface area (Å²) in [6.45, 7) is 9.41. The SMILES string of the molecule is COc1ccccc1C1CCN(Cc2cc(C(C)(C)C)on2)C1. The summed E-state index contributed by atoms with van der Waals surface area (Å²) in [6, 6.07) is 10.4. The normalized spacial score (nSPS) is 19.2. The fourth-order valence-electron chi connectivity index (χ4n) is 3.20. The molecule has 1 fully saturated rings. The first-order valence-corrected chi connectivity index (χ1v) is 8.28.